The van der Waals surface area contributed by atoms with Crippen LogP contribution in [0.3, 0.4) is 0 Å². The number of amides is 1. The van der Waals surface area contributed by atoms with Gasteiger partial charge in [-0.05, 0) is 60.7 Å². The summed E-state index contributed by atoms with van der Waals surface area (Å²) in [5.41, 5.74) is 5.21. The second kappa shape index (κ2) is 8.59. The van der Waals surface area contributed by atoms with E-state index in [0.29, 0.717) is 28.8 Å². The van der Waals surface area contributed by atoms with E-state index in [2.05, 4.69) is 33.6 Å². The van der Waals surface area contributed by atoms with Crippen molar-refractivity contribution in [2.45, 2.75) is 31.8 Å². The van der Waals surface area contributed by atoms with Gasteiger partial charge in [-0.3, -0.25) is 9.78 Å². The highest BCUT2D eigenvalue weighted by molar-refractivity contribution is 6.06. The van der Waals surface area contributed by atoms with Crippen LogP contribution in [0.2, 0.25) is 0 Å². The topological polar surface area (TPSA) is 85.8 Å². The largest absolute Gasteiger partial charge is 0.467 e. The van der Waals surface area contributed by atoms with E-state index in [9.17, 15) is 4.79 Å². The Morgan fingerprint density at radius 3 is 2.91 bits per heavy atom. The van der Waals surface area contributed by atoms with E-state index in [4.69, 9.17) is 9.40 Å². The van der Waals surface area contributed by atoms with Crippen LogP contribution in [0.4, 0.5) is 0 Å². The van der Waals surface area contributed by atoms with Crippen molar-refractivity contribution in [3.63, 3.8) is 0 Å². The Hall–Kier alpha value is -4.26. The molecule has 1 amide bonds. The first kappa shape index (κ1) is 20.4. The van der Waals surface area contributed by atoms with Crippen molar-refractivity contribution < 1.29 is 9.21 Å². The molecular formula is C27H23N5O2. The van der Waals surface area contributed by atoms with Gasteiger partial charge < -0.3 is 9.73 Å². The minimum absolute atomic E-state index is 0.0133. The number of carbonyl (C=O) groups excluding carboxylic acids is 1. The number of nitrogens with one attached hydrogen (secondary N) is 1. The third-order valence-corrected chi connectivity index (χ3v) is 6.37. The lowest BCUT2D eigenvalue weighted by Gasteiger charge is -2.26. The SMILES string of the molecule is O=C(NC1CCCc2ccccc21)c1cc(-c2cccnc2)nc2c1cnn2Cc1ccco1. The lowest BCUT2D eigenvalue weighted by Crippen LogP contribution is -2.31. The lowest BCUT2D eigenvalue weighted by molar-refractivity contribution is 0.0934. The smallest absolute Gasteiger partial charge is 0.252 e. The number of aromatic nitrogens is 4. The van der Waals surface area contributed by atoms with Gasteiger partial charge in [-0.2, -0.15) is 5.10 Å². The summed E-state index contributed by atoms with van der Waals surface area (Å²) >= 11 is 0. The quantitative estimate of drug-likeness (QED) is 0.411. The number of hydrogen-bond acceptors (Lipinski definition) is 5. The first-order chi connectivity index (χ1) is 16.8. The number of benzene rings is 1. The molecule has 0 radical (unpaired) electrons. The van der Waals surface area contributed by atoms with E-state index in [1.54, 1.807) is 29.5 Å². The van der Waals surface area contributed by atoms with Gasteiger partial charge in [0.15, 0.2) is 5.65 Å². The van der Waals surface area contributed by atoms with Gasteiger partial charge in [0.1, 0.15) is 12.3 Å². The molecule has 0 spiro atoms. The number of furan rings is 1. The second-order valence-corrected chi connectivity index (χ2v) is 8.53. The molecule has 6 rings (SSSR count). The monoisotopic (exact) mass is 449 g/mol. The summed E-state index contributed by atoms with van der Waals surface area (Å²) in [5.74, 6) is 0.639. The molecule has 0 saturated carbocycles. The van der Waals surface area contributed by atoms with Crippen LogP contribution in [-0.2, 0) is 13.0 Å². The molecule has 1 N–H and O–H groups in total. The molecule has 7 heteroatoms. The Morgan fingerprint density at radius 1 is 1.12 bits per heavy atom. The zero-order chi connectivity index (χ0) is 22.9. The number of aryl methyl sites for hydroxylation is 1. The van der Waals surface area contributed by atoms with Crippen molar-refractivity contribution in [1.82, 2.24) is 25.1 Å². The molecule has 0 bridgehead atoms. The first-order valence-corrected chi connectivity index (χ1v) is 11.4. The maximum Gasteiger partial charge on any atom is 0.252 e. The molecule has 1 aliphatic carbocycles. The Labute approximate surface area is 196 Å². The average molecular weight is 450 g/mol. The summed E-state index contributed by atoms with van der Waals surface area (Å²) in [5, 5.41) is 8.52. The number of nitrogens with zero attached hydrogens (tertiary/aromatic N) is 4. The van der Waals surface area contributed by atoms with Gasteiger partial charge >= 0.3 is 0 Å². The van der Waals surface area contributed by atoms with Gasteiger partial charge in [-0.1, -0.05) is 24.3 Å². The average Bonchev–Trinajstić information content (AvgIpc) is 3.55. The van der Waals surface area contributed by atoms with Gasteiger partial charge in [0.25, 0.3) is 5.91 Å². The van der Waals surface area contributed by atoms with E-state index < -0.39 is 0 Å². The van der Waals surface area contributed by atoms with Gasteiger partial charge in [-0.15, -0.1) is 0 Å². The molecule has 0 aliphatic heterocycles. The highest BCUT2D eigenvalue weighted by Crippen LogP contribution is 2.31. The molecule has 168 valence electrons. The highest BCUT2D eigenvalue weighted by Gasteiger charge is 2.24. The summed E-state index contributed by atoms with van der Waals surface area (Å²) in [6.07, 6.45) is 9.84. The predicted octanol–water partition coefficient (Wildman–Crippen LogP) is 4.94. The maximum absolute atomic E-state index is 13.6. The first-order valence-electron chi connectivity index (χ1n) is 11.4. The third-order valence-electron chi connectivity index (χ3n) is 6.37. The summed E-state index contributed by atoms with van der Waals surface area (Å²) in [6.45, 7) is 0.428. The third kappa shape index (κ3) is 3.75. The minimum atomic E-state index is -0.128. The highest BCUT2D eigenvalue weighted by atomic mass is 16.3. The van der Waals surface area contributed by atoms with Crippen molar-refractivity contribution in [1.29, 1.82) is 0 Å². The molecule has 4 aromatic heterocycles. The van der Waals surface area contributed by atoms with E-state index in [0.717, 1.165) is 30.6 Å². The lowest BCUT2D eigenvalue weighted by atomic mass is 9.87. The van der Waals surface area contributed by atoms with Gasteiger partial charge in [0.05, 0.1) is 35.1 Å². The van der Waals surface area contributed by atoms with Crippen LogP contribution in [0, 0.1) is 0 Å². The normalized spacial score (nSPS) is 15.2. The van der Waals surface area contributed by atoms with Crippen LogP contribution in [0.1, 0.15) is 46.1 Å². The molecule has 4 heterocycles. The zero-order valence-corrected chi connectivity index (χ0v) is 18.5. The van der Waals surface area contributed by atoms with Gasteiger partial charge in [0, 0.05) is 18.0 Å². The van der Waals surface area contributed by atoms with Crippen molar-refractivity contribution in [3.05, 3.63) is 102 Å². The minimum Gasteiger partial charge on any atom is -0.467 e. The number of carbonyl (C=O) groups is 1. The van der Waals surface area contributed by atoms with Crippen molar-refractivity contribution in [2.24, 2.45) is 0 Å². The number of rotatable bonds is 5. The Bertz CT molecular complexity index is 1460. The molecule has 5 aromatic rings. The Morgan fingerprint density at radius 2 is 2.06 bits per heavy atom. The van der Waals surface area contributed by atoms with Crippen LogP contribution < -0.4 is 5.32 Å². The van der Waals surface area contributed by atoms with Crippen molar-refractivity contribution >= 4 is 16.9 Å². The van der Waals surface area contributed by atoms with Crippen LogP contribution in [0.15, 0.2) is 83.9 Å². The maximum atomic E-state index is 13.6. The van der Waals surface area contributed by atoms with E-state index in [-0.39, 0.29) is 11.9 Å². The van der Waals surface area contributed by atoms with Gasteiger partial charge in [-0.25, -0.2) is 9.67 Å². The molecule has 0 fully saturated rings. The van der Waals surface area contributed by atoms with Gasteiger partial charge in [0.2, 0.25) is 0 Å². The number of fused-ring (bicyclic) bond motifs is 2. The molecule has 34 heavy (non-hydrogen) atoms. The van der Waals surface area contributed by atoms with E-state index in [1.807, 2.05) is 36.4 Å². The summed E-state index contributed by atoms with van der Waals surface area (Å²) < 4.78 is 7.27. The molecule has 1 unspecified atom stereocenters. The van der Waals surface area contributed by atoms with E-state index in [1.165, 1.54) is 11.1 Å². The van der Waals surface area contributed by atoms with Crippen LogP contribution >= 0.6 is 0 Å². The standard InChI is InChI=1S/C27H23N5O2/c33-27(31-24-11-3-7-18-6-1-2-10-21(18)24)22-14-25(19-8-4-12-28-15-19)30-26-23(22)16-29-32(26)17-20-9-5-13-34-20/h1-2,4-6,8-10,12-16,24H,3,7,11,17H2,(H,31,33). The summed E-state index contributed by atoms with van der Waals surface area (Å²) in [7, 11) is 0. The Kier molecular flexibility index (Phi) is 5.14. The van der Waals surface area contributed by atoms with E-state index >= 15 is 0 Å². The van der Waals surface area contributed by atoms with Crippen molar-refractivity contribution in [3.8, 4) is 11.3 Å². The van der Waals surface area contributed by atoms with Crippen LogP contribution in [0.5, 0.6) is 0 Å². The van der Waals surface area contributed by atoms with Crippen LogP contribution in [0.25, 0.3) is 22.3 Å². The molecule has 0 saturated heterocycles. The second-order valence-electron chi connectivity index (χ2n) is 8.53. The van der Waals surface area contributed by atoms with Crippen LogP contribution in [-0.4, -0.2) is 25.7 Å². The summed E-state index contributed by atoms with van der Waals surface area (Å²) in [6, 6.07) is 17.7. The fourth-order valence-corrected chi connectivity index (χ4v) is 4.70. The Balaban J connectivity index is 1.42. The zero-order valence-electron chi connectivity index (χ0n) is 18.5. The predicted molar refractivity (Wildman–Crippen MR) is 128 cm³/mol. The molecular weight excluding hydrogens is 426 g/mol. The molecule has 7 nitrogen and oxygen atoms in total. The van der Waals surface area contributed by atoms with Crippen molar-refractivity contribution in [2.75, 3.05) is 0 Å². The fraction of sp³-hybridized carbons (Fsp3) is 0.185. The summed E-state index contributed by atoms with van der Waals surface area (Å²) in [4.78, 5) is 22.7. The molecule has 1 atom stereocenters. The number of pyridine rings is 2. The molecule has 1 aromatic carbocycles. The molecule has 1 aliphatic rings. The fourth-order valence-electron chi connectivity index (χ4n) is 4.70. The number of hydrogen-bond donors (Lipinski definition) is 1.